The van der Waals surface area contributed by atoms with E-state index in [0.717, 1.165) is 0 Å². The molecule has 1 aliphatic heterocycles. The van der Waals surface area contributed by atoms with Crippen LogP contribution >= 0.6 is 11.6 Å². The van der Waals surface area contributed by atoms with Crippen LogP contribution in [0.3, 0.4) is 0 Å². The van der Waals surface area contributed by atoms with Crippen LogP contribution in [0, 0.1) is 0 Å². The maximum atomic E-state index is 11.9. The van der Waals surface area contributed by atoms with Gasteiger partial charge in [0.05, 0.1) is 36.4 Å². The lowest BCUT2D eigenvalue weighted by Crippen LogP contribution is -2.33. The Balaban J connectivity index is 1.62. The van der Waals surface area contributed by atoms with Gasteiger partial charge in [-0.3, -0.25) is 4.79 Å². The molecule has 1 fully saturated rings. The number of rotatable bonds is 6. The number of ether oxygens (including phenoxy) is 2. The lowest BCUT2D eigenvalue weighted by atomic mass is 10.1. The van der Waals surface area contributed by atoms with E-state index in [1.807, 2.05) is 0 Å². The number of aromatic carboxylic acids is 1. The highest BCUT2D eigenvalue weighted by atomic mass is 35.5. The summed E-state index contributed by atoms with van der Waals surface area (Å²) in [5.74, 6) is -1.57. The molecule has 2 N–H and O–H groups in total. The smallest absolute Gasteiger partial charge is 0.337 e. The van der Waals surface area contributed by atoms with Crippen LogP contribution in [0.25, 0.3) is 11.3 Å². The number of hydrogen-bond donors (Lipinski definition) is 2. The second-order valence-corrected chi connectivity index (χ2v) is 6.41. The first kappa shape index (κ1) is 19.1. The van der Waals surface area contributed by atoms with E-state index < -0.39 is 11.8 Å². The van der Waals surface area contributed by atoms with Crippen LogP contribution in [-0.4, -0.2) is 42.2 Å². The van der Waals surface area contributed by atoms with Gasteiger partial charge in [0, 0.05) is 5.56 Å². The van der Waals surface area contributed by atoms with Crippen LogP contribution in [0.15, 0.2) is 39.9 Å². The van der Waals surface area contributed by atoms with Gasteiger partial charge in [0.15, 0.2) is 5.79 Å². The van der Waals surface area contributed by atoms with Gasteiger partial charge in [-0.1, -0.05) is 11.6 Å². The summed E-state index contributed by atoms with van der Waals surface area (Å²) in [4.78, 5) is 23.0. The highest BCUT2D eigenvalue weighted by Gasteiger charge is 2.33. The van der Waals surface area contributed by atoms with E-state index in [-0.39, 0.29) is 22.9 Å². The summed E-state index contributed by atoms with van der Waals surface area (Å²) in [5.41, 5.74) is 2.92. The Morgan fingerprint density at radius 1 is 1.30 bits per heavy atom. The van der Waals surface area contributed by atoms with Crippen molar-refractivity contribution in [3.05, 3.63) is 46.7 Å². The van der Waals surface area contributed by atoms with Gasteiger partial charge >= 0.3 is 5.97 Å². The third-order valence-corrected chi connectivity index (χ3v) is 4.20. The van der Waals surface area contributed by atoms with E-state index in [2.05, 4.69) is 10.5 Å². The number of halogens is 1. The Morgan fingerprint density at radius 3 is 2.74 bits per heavy atom. The maximum Gasteiger partial charge on any atom is 0.337 e. The second kappa shape index (κ2) is 7.91. The zero-order chi connectivity index (χ0) is 19.4. The number of carbonyl (C=O) groups is 2. The van der Waals surface area contributed by atoms with Crippen LogP contribution in [0.5, 0.6) is 0 Å². The van der Waals surface area contributed by atoms with Crippen LogP contribution in [0.1, 0.15) is 29.5 Å². The fraction of sp³-hybridized carbons (Fsp3) is 0.278. The molecular formula is C18H17ClN2O6. The number of nitrogens with zero attached hydrogens (tertiary/aromatic N) is 1. The minimum absolute atomic E-state index is 0.0158. The molecule has 1 aromatic heterocycles. The number of hydrogen-bond acceptors (Lipinski definition) is 6. The van der Waals surface area contributed by atoms with Gasteiger partial charge in [0.2, 0.25) is 5.91 Å². The molecule has 0 radical (unpaired) electrons. The van der Waals surface area contributed by atoms with E-state index in [4.69, 9.17) is 30.6 Å². The molecule has 0 saturated carbocycles. The van der Waals surface area contributed by atoms with E-state index in [9.17, 15) is 9.59 Å². The molecule has 27 heavy (non-hydrogen) atoms. The molecule has 1 aliphatic rings. The Bertz CT molecular complexity index is 886. The van der Waals surface area contributed by atoms with E-state index in [1.165, 1.54) is 18.3 Å². The number of carboxylic acids is 1. The first-order chi connectivity index (χ1) is 12.9. The number of amides is 1. The molecule has 1 aromatic carbocycles. The van der Waals surface area contributed by atoms with Crippen LogP contribution in [-0.2, 0) is 14.3 Å². The standard InChI is InChI=1S/C18H17ClN2O6/c1-18(25-6-7-26-18)9-16(22)21-20-10-12-3-5-15(27-12)11-2-4-14(19)13(8-11)17(23)24/h2-5,8,10H,6-7,9H2,1H3,(H,21,22)(H,23,24)/b20-10+. The highest BCUT2D eigenvalue weighted by molar-refractivity contribution is 6.33. The van der Waals surface area contributed by atoms with Crippen LogP contribution in [0.2, 0.25) is 5.02 Å². The molecular weight excluding hydrogens is 376 g/mol. The van der Waals surface area contributed by atoms with Gasteiger partial charge in [0.25, 0.3) is 0 Å². The summed E-state index contributed by atoms with van der Waals surface area (Å²) in [6.45, 7) is 2.60. The molecule has 0 aliphatic carbocycles. The van der Waals surface area contributed by atoms with Crippen molar-refractivity contribution in [3.8, 4) is 11.3 Å². The molecule has 0 bridgehead atoms. The average molecular weight is 393 g/mol. The molecule has 9 heteroatoms. The molecule has 3 rings (SSSR count). The van der Waals surface area contributed by atoms with Crippen molar-refractivity contribution >= 4 is 29.7 Å². The fourth-order valence-corrected chi connectivity index (χ4v) is 2.78. The van der Waals surface area contributed by atoms with Crippen molar-refractivity contribution in [2.24, 2.45) is 5.10 Å². The Morgan fingerprint density at radius 2 is 2.04 bits per heavy atom. The van der Waals surface area contributed by atoms with E-state index >= 15 is 0 Å². The normalized spacial score (nSPS) is 15.9. The molecule has 2 aromatic rings. The van der Waals surface area contributed by atoms with Crippen LogP contribution < -0.4 is 5.43 Å². The van der Waals surface area contributed by atoms with Crippen molar-refractivity contribution in [1.82, 2.24) is 5.43 Å². The Kier molecular flexibility index (Phi) is 5.59. The zero-order valence-corrected chi connectivity index (χ0v) is 15.2. The Labute approximate surface area is 159 Å². The predicted octanol–water partition coefficient (Wildman–Crippen LogP) is 2.90. The number of carbonyl (C=O) groups excluding carboxylic acids is 1. The topological polar surface area (TPSA) is 110 Å². The Hall–Kier alpha value is -2.68. The van der Waals surface area contributed by atoms with Crippen molar-refractivity contribution in [2.75, 3.05) is 13.2 Å². The SMILES string of the molecule is CC1(CC(=O)N/N=C/c2ccc(-c3ccc(Cl)c(C(=O)O)c3)o2)OCCO1. The third-order valence-electron chi connectivity index (χ3n) is 3.87. The van der Waals surface area contributed by atoms with Crippen molar-refractivity contribution in [2.45, 2.75) is 19.1 Å². The van der Waals surface area contributed by atoms with Crippen molar-refractivity contribution in [1.29, 1.82) is 0 Å². The van der Waals surface area contributed by atoms with Gasteiger partial charge in [-0.25, -0.2) is 10.2 Å². The molecule has 0 unspecified atom stereocenters. The van der Waals surface area contributed by atoms with E-state index in [1.54, 1.807) is 25.1 Å². The number of benzene rings is 1. The summed E-state index contributed by atoms with van der Waals surface area (Å²) in [7, 11) is 0. The first-order valence-corrected chi connectivity index (χ1v) is 8.47. The quantitative estimate of drug-likeness (QED) is 0.577. The van der Waals surface area contributed by atoms with Gasteiger partial charge in [-0.05, 0) is 37.3 Å². The molecule has 1 saturated heterocycles. The number of hydrazone groups is 1. The summed E-state index contributed by atoms with van der Waals surface area (Å²) in [5, 5.41) is 13.1. The van der Waals surface area contributed by atoms with Gasteiger partial charge < -0.3 is 19.0 Å². The molecule has 2 heterocycles. The first-order valence-electron chi connectivity index (χ1n) is 8.09. The number of nitrogens with one attached hydrogen (secondary N) is 1. The molecule has 0 spiro atoms. The summed E-state index contributed by atoms with van der Waals surface area (Å²) >= 11 is 5.86. The fourth-order valence-electron chi connectivity index (χ4n) is 2.58. The lowest BCUT2D eigenvalue weighted by Gasteiger charge is -2.20. The number of furan rings is 1. The van der Waals surface area contributed by atoms with Crippen molar-refractivity contribution in [3.63, 3.8) is 0 Å². The molecule has 8 nitrogen and oxygen atoms in total. The summed E-state index contributed by atoms with van der Waals surface area (Å²) < 4.78 is 16.3. The largest absolute Gasteiger partial charge is 0.478 e. The lowest BCUT2D eigenvalue weighted by molar-refractivity contribution is -0.159. The number of carboxylic acid groups (broad SMARTS) is 1. The maximum absolute atomic E-state index is 11.9. The predicted molar refractivity (Wildman–Crippen MR) is 96.8 cm³/mol. The molecule has 1 amide bonds. The van der Waals surface area contributed by atoms with Gasteiger partial charge in [-0.15, -0.1) is 0 Å². The van der Waals surface area contributed by atoms with Crippen LogP contribution in [0.4, 0.5) is 0 Å². The molecule has 0 atom stereocenters. The van der Waals surface area contributed by atoms with Gasteiger partial charge in [0.1, 0.15) is 11.5 Å². The minimum Gasteiger partial charge on any atom is -0.478 e. The molecule has 142 valence electrons. The highest BCUT2D eigenvalue weighted by Crippen LogP contribution is 2.26. The third kappa shape index (κ3) is 4.73. The summed E-state index contributed by atoms with van der Waals surface area (Å²) in [6.07, 6.45) is 1.37. The van der Waals surface area contributed by atoms with Gasteiger partial charge in [-0.2, -0.15) is 5.10 Å². The zero-order valence-electron chi connectivity index (χ0n) is 14.4. The second-order valence-electron chi connectivity index (χ2n) is 6.00. The monoisotopic (exact) mass is 392 g/mol. The minimum atomic E-state index is -1.12. The van der Waals surface area contributed by atoms with Crippen molar-refractivity contribution < 1.29 is 28.6 Å². The summed E-state index contributed by atoms with van der Waals surface area (Å²) in [6, 6.07) is 7.88. The average Bonchev–Trinajstić information content (AvgIpc) is 3.24. The van der Waals surface area contributed by atoms with E-state index in [0.29, 0.717) is 30.3 Å².